The van der Waals surface area contributed by atoms with Crippen LogP contribution in [0.25, 0.3) is 0 Å². The van der Waals surface area contributed by atoms with Gasteiger partial charge in [0.05, 0.1) is 13.2 Å². The van der Waals surface area contributed by atoms with Crippen molar-refractivity contribution in [1.29, 1.82) is 0 Å². The fraction of sp³-hybridized carbons (Fsp3) is 0.300. The van der Waals surface area contributed by atoms with Crippen LogP contribution in [0, 0.1) is 0 Å². The van der Waals surface area contributed by atoms with Gasteiger partial charge in [0.2, 0.25) is 5.91 Å². The molecule has 2 aromatic rings. The molecule has 0 spiro atoms. The maximum atomic E-state index is 12.1. The van der Waals surface area contributed by atoms with E-state index in [1.807, 2.05) is 18.2 Å². The zero-order chi connectivity index (χ0) is 21.1. The predicted molar refractivity (Wildman–Crippen MR) is 105 cm³/mol. The Labute approximate surface area is 167 Å². The molecular weight excluding hydrogens is 385 g/mol. The minimum atomic E-state index is -4.33. The van der Waals surface area contributed by atoms with Crippen molar-refractivity contribution < 1.29 is 22.7 Å². The Bertz CT molecular complexity index is 794. The van der Waals surface area contributed by atoms with Gasteiger partial charge in [-0.1, -0.05) is 42.5 Å². The van der Waals surface area contributed by atoms with Crippen LogP contribution in [0.1, 0.15) is 11.1 Å². The molecule has 0 atom stereocenters. The monoisotopic (exact) mass is 408 g/mol. The van der Waals surface area contributed by atoms with E-state index in [0.717, 1.165) is 5.56 Å². The molecule has 6 nitrogen and oxygen atoms in total. The third-order valence-electron chi connectivity index (χ3n) is 3.71. The number of benzene rings is 2. The van der Waals surface area contributed by atoms with Gasteiger partial charge in [0, 0.05) is 19.3 Å². The van der Waals surface area contributed by atoms with Crippen molar-refractivity contribution in [3.05, 3.63) is 65.7 Å². The first-order valence-electron chi connectivity index (χ1n) is 8.87. The van der Waals surface area contributed by atoms with Gasteiger partial charge in [-0.2, -0.15) is 13.2 Å². The Morgan fingerprint density at radius 2 is 1.66 bits per heavy atom. The zero-order valence-electron chi connectivity index (χ0n) is 15.9. The van der Waals surface area contributed by atoms with Gasteiger partial charge < -0.3 is 20.7 Å². The summed E-state index contributed by atoms with van der Waals surface area (Å²) in [6, 6.07) is 16.1. The molecule has 3 N–H and O–H groups in total. The maximum absolute atomic E-state index is 12.1. The highest BCUT2D eigenvalue weighted by molar-refractivity contribution is 5.94. The lowest BCUT2D eigenvalue weighted by Gasteiger charge is -2.12. The standard InChI is InChI=1S/C20H23F3N4O2/c1-24-19(26-12-18(28)27-17-5-3-2-4-6-17)25-11-15-7-9-16(10-8-15)13-29-14-20(21,22)23/h2-10H,11-14H2,1H3,(H,27,28)(H2,24,25,26). The van der Waals surface area contributed by atoms with Crippen LogP contribution in [0.5, 0.6) is 0 Å². The third-order valence-corrected chi connectivity index (χ3v) is 3.71. The number of nitrogens with one attached hydrogen (secondary N) is 3. The number of anilines is 1. The minimum absolute atomic E-state index is 0.0457. The second-order valence-corrected chi connectivity index (χ2v) is 6.12. The summed E-state index contributed by atoms with van der Waals surface area (Å²) in [6.07, 6.45) is -4.33. The summed E-state index contributed by atoms with van der Waals surface area (Å²) in [5.41, 5.74) is 2.26. The second-order valence-electron chi connectivity index (χ2n) is 6.12. The number of ether oxygens (including phenoxy) is 1. The Balaban J connectivity index is 1.72. The molecule has 1 amide bonds. The Kier molecular flexibility index (Phi) is 8.47. The molecule has 29 heavy (non-hydrogen) atoms. The quantitative estimate of drug-likeness (QED) is 0.464. The van der Waals surface area contributed by atoms with E-state index in [-0.39, 0.29) is 19.1 Å². The fourth-order valence-electron chi connectivity index (χ4n) is 2.34. The van der Waals surface area contributed by atoms with Crippen LogP contribution in [0.15, 0.2) is 59.6 Å². The first-order valence-corrected chi connectivity index (χ1v) is 8.87. The lowest BCUT2D eigenvalue weighted by Crippen LogP contribution is -2.41. The van der Waals surface area contributed by atoms with Gasteiger partial charge in [-0.3, -0.25) is 9.79 Å². The predicted octanol–water partition coefficient (Wildman–Crippen LogP) is 3.07. The van der Waals surface area contributed by atoms with Crippen LogP contribution in [-0.4, -0.2) is 38.2 Å². The average Bonchev–Trinajstić information content (AvgIpc) is 2.69. The number of carbonyl (C=O) groups excluding carboxylic acids is 1. The number of rotatable bonds is 8. The Hall–Kier alpha value is -3.07. The summed E-state index contributed by atoms with van der Waals surface area (Å²) in [4.78, 5) is 16.0. The minimum Gasteiger partial charge on any atom is -0.367 e. The molecule has 9 heteroatoms. The molecule has 156 valence electrons. The number of amides is 1. The van der Waals surface area contributed by atoms with E-state index in [1.165, 1.54) is 0 Å². The van der Waals surface area contributed by atoms with E-state index in [0.29, 0.717) is 23.8 Å². The molecule has 0 aliphatic rings. The summed E-state index contributed by atoms with van der Waals surface area (Å²) >= 11 is 0. The summed E-state index contributed by atoms with van der Waals surface area (Å²) in [6.45, 7) is -0.892. The molecular formula is C20H23F3N4O2. The van der Waals surface area contributed by atoms with Crippen LogP contribution >= 0.6 is 0 Å². The smallest absolute Gasteiger partial charge is 0.367 e. The number of alkyl halides is 3. The molecule has 0 saturated heterocycles. The lowest BCUT2D eigenvalue weighted by atomic mass is 10.1. The SMILES string of the molecule is CN=C(NCC(=O)Nc1ccccc1)NCc1ccc(COCC(F)(F)F)cc1. The van der Waals surface area contributed by atoms with Gasteiger partial charge in [-0.15, -0.1) is 0 Å². The van der Waals surface area contributed by atoms with Crippen molar-refractivity contribution in [2.45, 2.75) is 19.3 Å². The van der Waals surface area contributed by atoms with Crippen molar-refractivity contribution in [3.63, 3.8) is 0 Å². The zero-order valence-corrected chi connectivity index (χ0v) is 15.9. The Morgan fingerprint density at radius 1 is 1.00 bits per heavy atom. The fourth-order valence-corrected chi connectivity index (χ4v) is 2.34. The average molecular weight is 408 g/mol. The van der Waals surface area contributed by atoms with Crippen LogP contribution in [-0.2, 0) is 22.7 Å². The number of hydrogen-bond acceptors (Lipinski definition) is 3. The molecule has 0 aromatic heterocycles. The van der Waals surface area contributed by atoms with Gasteiger partial charge >= 0.3 is 6.18 Å². The van der Waals surface area contributed by atoms with Crippen LogP contribution in [0.3, 0.4) is 0 Å². The summed E-state index contributed by atoms with van der Waals surface area (Å²) in [5, 5.41) is 8.74. The van der Waals surface area contributed by atoms with Gasteiger partial charge in [-0.05, 0) is 23.3 Å². The van der Waals surface area contributed by atoms with E-state index in [2.05, 4.69) is 25.7 Å². The van der Waals surface area contributed by atoms with Gasteiger partial charge in [0.15, 0.2) is 5.96 Å². The van der Waals surface area contributed by atoms with Crippen molar-refractivity contribution in [1.82, 2.24) is 10.6 Å². The topological polar surface area (TPSA) is 74.8 Å². The van der Waals surface area contributed by atoms with Gasteiger partial charge in [0.1, 0.15) is 6.61 Å². The van der Waals surface area contributed by atoms with E-state index in [9.17, 15) is 18.0 Å². The number of para-hydroxylation sites is 1. The number of guanidine groups is 1. The van der Waals surface area contributed by atoms with E-state index >= 15 is 0 Å². The summed E-state index contributed by atoms with van der Waals surface area (Å²) in [5.74, 6) is 0.244. The molecule has 0 radical (unpaired) electrons. The van der Waals surface area contributed by atoms with Crippen molar-refractivity contribution in [2.75, 3.05) is 25.5 Å². The third kappa shape index (κ3) is 9.11. The van der Waals surface area contributed by atoms with Crippen LogP contribution in [0.4, 0.5) is 18.9 Å². The molecule has 0 aliphatic heterocycles. The molecule has 2 rings (SSSR count). The van der Waals surface area contributed by atoms with Crippen molar-refractivity contribution >= 4 is 17.6 Å². The normalized spacial score (nSPS) is 11.8. The first-order chi connectivity index (χ1) is 13.9. The highest BCUT2D eigenvalue weighted by Crippen LogP contribution is 2.15. The summed E-state index contributed by atoms with van der Waals surface area (Å²) in [7, 11) is 1.59. The van der Waals surface area contributed by atoms with Gasteiger partial charge in [-0.25, -0.2) is 0 Å². The van der Waals surface area contributed by atoms with Crippen LogP contribution in [0.2, 0.25) is 0 Å². The first kappa shape index (κ1) is 22.2. The van der Waals surface area contributed by atoms with Crippen molar-refractivity contribution in [3.8, 4) is 0 Å². The highest BCUT2D eigenvalue weighted by Gasteiger charge is 2.27. The molecule has 0 saturated carbocycles. The molecule has 2 aromatic carbocycles. The largest absolute Gasteiger partial charge is 0.411 e. The molecule has 0 fully saturated rings. The van der Waals surface area contributed by atoms with E-state index < -0.39 is 12.8 Å². The number of aliphatic imine (C=N–C) groups is 1. The number of nitrogens with zero attached hydrogens (tertiary/aromatic N) is 1. The molecule has 0 aliphatic carbocycles. The van der Waals surface area contributed by atoms with E-state index in [4.69, 9.17) is 0 Å². The summed E-state index contributed by atoms with van der Waals surface area (Å²) < 4.78 is 40.9. The molecule has 0 unspecified atom stereocenters. The van der Waals surface area contributed by atoms with E-state index in [1.54, 1.807) is 43.4 Å². The number of hydrogen-bond donors (Lipinski definition) is 3. The highest BCUT2D eigenvalue weighted by atomic mass is 19.4. The van der Waals surface area contributed by atoms with Gasteiger partial charge in [0.25, 0.3) is 0 Å². The number of carbonyl (C=O) groups is 1. The number of halogens is 3. The second kappa shape index (κ2) is 11.1. The Morgan fingerprint density at radius 3 is 2.28 bits per heavy atom. The molecule has 0 heterocycles. The lowest BCUT2D eigenvalue weighted by molar-refractivity contribution is -0.176. The van der Waals surface area contributed by atoms with Crippen LogP contribution < -0.4 is 16.0 Å². The maximum Gasteiger partial charge on any atom is 0.411 e. The molecule has 0 bridgehead atoms. The van der Waals surface area contributed by atoms with Crippen molar-refractivity contribution in [2.24, 2.45) is 4.99 Å².